The lowest BCUT2D eigenvalue weighted by atomic mass is 9.64. The number of likely N-dealkylation sites (tertiary alicyclic amines) is 1. The highest BCUT2D eigenvalue weighted by Crippen LogP contribution is 2.52. The summed E-state index contributed by atoms with van der Waals surface area (Å²) in [5, 5.41) is 3.97. The van der Waals surface area contributed by atoms with Crippen LogP contribution in [0, 0.1) is 12.3 Å². The van der Waals surface area contributed by atoms with Crippen molar-refractivity contribution in [3.8, 4) is 10.6 Å². The minimum absolute atomic E-state index is 0.122. The van der Waals surface area contributed by atoms with Gasteiger partial charge in [-0.2, -0.15) is 0 Å². The SMILES string of the molecule is Cc1ncsc1-c1ncccc1C(=O)N1[C@@H](Cc2ccccc2)[C@@H]2C[C@@]3(C)[C@H](CCC[C@@H]13)N2. The number of hydrogen-bond acceptors (Lipinski definition) is 5. The molecule has 2 bridgehead atoms. The number of aryl methyl sites for hydroxylation is 1. The van der Waals surface area contributed by atoms with Gasteiger partial charge in [-0.3, -0.25) is 9.78 Å². The van der Waals surface area contributed by atoms with Gasteiger partial charge in [0.2, 0.25) is 0 Å². The second kappa shape index (κ2) is 8.03. The molecular formula is C27H30N4OS. The van der Waals surface area contributed by atoms with Crippen LogP contribution in [0.5, 0.6) is 0 Å². The van der Waals surface area contributed by atoms with Gasteiger partial charge in [0.05, 0.1) is 33.4 Å². The number of carbonyl (C=O) groups is 1. The maximum Gasteiger partial charge on any atom is 0.256 e. The van der Waals surface area contributed by atoms with E-state index >= 15 is 0 Å². The monoisotopic (exact) mass is 458 g/mol. The molecule has 0 unspecified atom stereocenters. The third kappa shape index (κ3) is 3.34. The van der Waals surface area contributed by atoms with E-state index in [1.54, 1.807) is 17.5 Å². The van der Waals surface area contributed by atoms with Gasteiger partial charge in [-0.1, -0.05) is 37.3 Å². The quantitative estimate of drug-likeness (QED) is 0.606. The van der Waals surface area contributed by atoms with E-state index in [2.05, 4.69) is 57.4 Å². The molecule has 1 amide bonds. The second-order valence-corrected chi connectivity index (χ2v) is 11.0. The molecule has 1 N–H and O–H groups in total. The highest BCUT2D eigenvalue weighted by molar-refractivity contribution is 7.13. The summed E-state index contributed by atoms with van der Waals surface area (Å²) in [7, 11) is 0. The smallest absolute Gasteiger partial charge is 0.256 e. The fraction of sp³-hybridized carbons (Fsp3) is 0.444. The molecule has 2 saturated heterocycles. The van der Waals surface area contributed by atoms with E-state index in [4.69, 9.17) is 0 Å². The first kappa shape index (κ1) is 21.0. The van der Waals surface area contributed by atoms with Gasteiger partial charge >= 0.3 is 0 Å². The van der Waals surface area contributed by atoms with Crippen LogP contribution in [0.2, 0.25) is 0 Å². The van der Waals surface area contributed by atoms with Crippen molar-refractivity contribution in [1.82, 2.24) is 20.2 Å². The molecule has 1 aliphatic carbocycles. The van der Waals surface area contributed by atoms with Gasteiger partial charge in [-0.05, 0) is 56.7 Å². The van der Waals surface area contributed by atoms with Gasteiger partial charge in [0.1, 0.15) is 0 Å². The number of carbonyl (C=O) groups excluding carboxylic acids is 1. The Hall–Kier alpha value is -2.57. The van der Waals surface area contributed by atoms with Crippen molar-refractivity contribution in [2.75, 3.05) is 0 Å². The molecule has 5 nitrogen and oxygen atoms in total. The highest BCUT2D eigenvalue weighted by Gasteiger charge is 2.60. The van der Waals surface area contributed by atoms with Gasteiger partial charge in [0.25, 0.3) is 5.91 Å². The van der Waals surface area contributed by atoms with Crippen molar-refractivity contribution in [3.05, 3.63) is 71.0 Å². The Morgan fingerprint density at radius 2 is 2.03 bits per heavy atom. The number of fused-ring (bicyclic) bond motifs is 1. The van der Waals surface area contributed by atoms with Crippen molar-refractivity contribution >= 4 is 17.2 Å². The van der Waals surface area contributed by atoms with E-state index in [9.17, 15) is 4.79 Å². The Balaban J connectivity index is 1.45. The number of rotatable bonds is 4. The first-order valence-corrected chi connectivity index (χ1v) is 12.9. The molecule has 3 aromatic rings. The Morgan fingerprint density at radius 1 is 1.18 bits per heavy atom. The number of pyridine rings is 1. The number of piperidine rings is 1. The van der Waals surface area contributed by atoms with Gasteiger partial charge in [0, 0.05) is 29.7 Å². The van der Waals surface area contributed by atoms with E-state index in [0.29, 0.717) is 17.6 Å². The topological polar surface area (TPSA) is 58.1 Å². The molecule has 6 rings (SSSR count). The summed E-state index contributed by atoms with van der Waals surface area (Å²) in [6, 6.07) is 15.7. The molecule has 33 heavy (non-hydrogen) atoms. The van der Waals surface area contributed by atoms with Gasteiger partial charge in [-0.15, -0.1) is 11.3 Å². The summed E-state index contributed by atoms with van der Waals surface area (Å²) in [5.41, 5.74) is 5.66. The van der Waals surface area contributed by atoms with Crippen molar-refractivity contribution in [1.29, 1.82) is 0 Å². The molecule has 5 atom stereocenters. The van der Waals surface area contributed by atoms with Crippen molar-refractivity contribution < 1.29 is 4.79 Å². The zero-order valence-electron chi connectivity index (χ0n) is 19.2. The Labute approximate surface area is 199 Å². The number of hydrogen-bond donors (Lipinski definition) is 1. The number of benzene rings is 1. The fourth-order valence-electron chi connectivity index (χ4n) is 6.69. The van der Waals surface area contributed by atoms with E-state index in [-0.39, 0.29) is 23.4 Å². The van der Waals surface area contributed by atoms with Crippen molar-refractivity contribution in [3.63, 3.8) is 0 Å². The summed E-state index contributed by atoms with van der Waals surface area (Å²) in [6.45, 7) is 4.40. The van der Waals surface area contributed by atoms with Crippen LogP contribution in [0.4, 0.5) is 0 Å². The summed E-state index contributed by atoms with van der Waals surface area (Å²) < 4.78 is 0. The Kier molecular flexibility index (Phi) is 5.11. The Bertz CT molecular complexity index is 1180. The van der Waals surface area contributed by atoms with Crippen LogP contribution in [0.25, 0.3) is 10.6 Å². The van der Waals surface area contributed by atoms with Crippen LogP contribution in [0.3, 0.4) is 0 Å². The molecule has 170 valence electrons. The first-order valence-electron chi connectivity index (χ1n) is 12.0. The largest absolute Gasteiger partial charge is 0.330 e. The molecule has 2 aromatic heterocycles. The van der Waals surface area contributed by atoms with Gasteiger partial charge in [0.15, 0.2) is 0 Å². The van der Waals surface area contributed by atoms with E-state index in [1.165, 1.54) is 18.4 Å². The van der Waals surface area contributed by atoms with Gasteiger partial charge in [-0.25, -0.2) is 4.98 Å². The first-order chi connectivity index (χ1) is 16.1. The minimum atomic E-state index is 0.122. The summed E-state index contributed by atoms with van der Waals surface area (Å²) in [6.07, 6.45) is 7.26. The van der Waals surface area contributed by atoms with Crippen molar-refractivity contribution in [2.24, 2.45) is 5.41 Å². The summed E-state index contributed by atoms with van der Waals surface area (Å²) in [5.74, 6) is 0.122. The van der Waals surface area contributed by atoms with Crippen LogP contribution < -0.4 is 5.32 Å². The third-order valence-corrected chi connectivity index (χ3v) is 9.22. The highest BCUT2D eigenvalue weighted by atomic mass is 32.1. The van der Waals surface area contributed by atoms with Crippen LogP contribution in [0.1, 0.15) is 54.2 Å². The lowest BCUT2D eigenvalue weighted by Gasteiger charge is -2.53. The summed E-state index contributed by atoms with van der Waals surface area (Å²) >= 11 is 1.56. The normalized spacial score (nSPS) is 30.4. The van der Waals surface area contributed by atoms with Crippen LogP contribution in [-0.4, -0.2) is 44.9 Å². The maximum atomic E-state index is 14.4. The number of nitrogens with zero attached hydrogens (tertiary/aromatic N) is 3. The molecule has 0 radical (unpaired) electrons. The van der Waals surface area contributed by atoms with Gasteiger partial charge < -0.3 is 10.2 Å². The molecule has 2 aliphatic heterocycles. The molecule has 1 saturated carbocycles. The number of nitrogens with one attached hydrogen (secondary N) is 1. The van der Waals surface area contributed by atoms with Crippen LogP contribution in [-0.2, 0) is 6.42 Å². The maximum absolute atomic E-state index is 14.4. The van der Waals surface area contributed by atoms with E-state index in [1.807, 2.05) is 24.6 Å². The number of amides is 1. The third-order valence-electron chi connectivity index (χ3n) is 8.28. The number of aromatic nitrogens is 2. The predicted molar refractivity (Wildman–Crippen MR) is 131 cm³/mol. The molecule has 0 spiro atoms. The van der Waals surface area contributed by atoms with E-state index < -0.39 is 0 Å². The lowest BCUT2D eigenvalue weighted by molar-refractivity contribution is -0.0111. The molecule has 3 fully saturated rings. The number of thiazole rings is 1. The van der Waals surface area contributed by atoms with Crippen LogP contribution >= 0.6 is 11.3 Å². The predicted octanol–water partition coefficient (Wildman–Crippen LogP) is 4.87. The molecule has 3 aliphatic rings. The molecular weight excluding hydrogens is 428 g/mol. The standard InChI is InChI=1S/C27H30N4OS/c1-17-25(33-16-29-17)24-19(10-7-13-28-24)26(32)31-21(14-18-8-4-3-5-9-18)20-15-27(2)22(30-20)11-6-12-23(27)31/h3-5,7-10,13,16,20-23,30H,6,11-12,14-15H2,1-2H3/t20-,21-,22-,23+,27-/m0/s1. The van der Waals surface area contributed by atoms with Crippen molar-refractivity contribution in [2.45, 2.75) is 70.1 Å². The average molecular weight is 459 g/mol. The summed E-state index contributed by atoms with van der Waals surface area (Å²) in [4.78, 5) is 26.8. The Morgan fingerprint density at radius 3 is 2.82 bits per heavy atom. The zero-order valence-corrected chi connectivity index (χ0v) is 20.0. The fourth-order valence-corrected chi connectivity index (χ4v) is 7.51. The minimum Gasteiger partial charge on any atom is -0.330 e. The molecule has 1 aromatic carbocycles. The molecule has 4 heterocycles. The molecule has 6 heteroatoms. The van der Waals surface area contributed by atoms with E-state index in [0.717, 1.165) is 35.5 Å². The lowest BCUT2D eigenvalue weighted by Crippen LogP contribution is -2.62. The second-order valence-electron chi connectivity index (χ2n) is 10.1. The van der Waals surface area contributed by atoms with Crippen LogP contribution in [0.15, 0.2) is 54.2 Å². The zero-order chi connectivity index (χ0) is 22.6. The average Bonchev–Trinajstić information content (AvgIpc) is 3.41.